The van der Waals surface area contributed by atoms with Crippen molar-refractivity contribution in [2.75, 3.05) is 20.8 Å². The Morgan fingerprint density at radius 2 is 1.53 bits per heavy atom. The van der Waals surface area contributed by atoms with Crippen LogP contribution in [0.15, 0.2) is 12.2 Å². The van der Waals surface area contributed by atoms with Gasteiger partial charge in [-0.1, -0.05) is 67.5 Å². The molecule has 14 heteroatoms. The van der Waals surface area contributed by atoms with E-state index in [0.29, 0.717) is 44.9 Å². The van der Waals surface area contributed by atoms with Gasteiger partial charge in [0, 0.05) is 33.1 Å². The molecule has 58 heavy (non-hydrogen) atoms. The molecule has 2 amide bonds. The van der Waals surface area contributed by atoms with E-state index >= 15 is 0 Å². The summed E-state index contributed by atoms with van der Waals surface area (Å²) < 4.78 is 32.1. The van der Waals surface area contributed by atoms with Crippen LogP contribution in [0.4, 0.5) is 0 Å². The number of Topliss-reactive ketones (excluding diaryl/α,β-unsaturated/α-hetero) is 1. The summed E-state index contributed by atoms with van der Waals surface area (Å²) in [7, 11) is -1.41. The lowest BCUT2D eigenvalue weighted by atomic mass is 9.79. The van der Waals surface area contributed by atoms with Crippen molar-refractivity contribution in [1.82, 2.24) is 10.2 Å². The van der Waals surface area contributed by atoms with Crippen molar-refractivity contribution in [2.45, 2.75) is 205 Å². The number of rotatable bonds is 17. The largest absolute Gasteiger partial charge is 0.480 e. The number of amides is 2. The maximum Gasteiger partial charge on any atom is 0.326 e. The molecule has 1 saturated carbocycles. The SMILES string of the molecule is C=C(C)[C@H](C[C@@H]1CC[C@@H](C)C(O[Si](C)(C)C(C)(C)C)(C(=O)C(=O)N2CCCC[C@H]2C(=O)N[C@@H](C(=O)O)[C@H](C)C[C@@H]2CCC(O[Si](C)(C)C(C)(C)C)[C@H](OC)C2)O1)OC. The van der Waals surface area contributed by atoms with Gasteiger partial charge < -0.3 is 38.4 Å². The number of aliphatic carboxylic acids is 1. The standard InChI is InChI=1S/C44H80N2O10Si2/c1-28(2)35(52-11)27-32-22-20-30(4)44(54-32,56-58(15,16)43(8,9)10)38(47)40(49)46-24-18-17-19-33(46)39(48)45-37(41(50)51)29(3)25-31-21-23-34(36(26-31)53-12)55-57(13,14)42(5,6)7/h29-37H,1,17-27H2,2-16H3,(H,45,48)(H,50,51)/t29-,30-,31+,32+,33+,34?,35+,36-,37-,44?/m1/s1. The van der Waals surface area contributed by atoms with E-state index in [2.05, 4.69) is 66.5 Å². The second-order valence-corrected chi connectivity index (χ2v) is 30.3. The first kappa shape index (κ1) is 50.4. The third-order valence-electron chi connectivity index (χ3n) is 14.2. The van der Waals surface area contributed by atoms with E-state index in [1.165, 1.54) is 4.90 Å². The number of nitrogens with one attached hydrogen (secondary N) is 1. The molecule has 2 saturated heterocycles. The predicted molar refractivity (Wildman–Crippen MR) is 232 cm³/mol. The fraction of sp³-hybridized carbons (Fsp3) is 0.864. The molecule has 0 spiro atoms. The molecular formula is C44H80N2O10Si2. The van der Waals surface area contributed by atoms with Crippen LogP contribution in [0.3, 0.4) is 0 Å². The molecule has 2 N–H and O–H groups in total. The monoisotopic (exact) mass is 853 g/mol. The second kappa shape index (κ2) is 19.8. The summed E-state index contributed by atoms with van der Waals surface area (Å²) in [4.78, 5) is 57.8. The van der Waals surface area contributed by atoms with E-state index in [1.54, 1.807) is 14.2 Å². The highest BCUT2D eigenvalue weighted by Gasteiger charge is 2.59. The summed E-state index contributed by atoms with van der Waals surface area (Å²) in [5.41, 5.74) is 0.831. The van der Waals surface area contributed by atoms with Crippen molar-refractivity contribution in [1.29, 1.82) is 0 Å². The Balaban J connectivity index is 1.84. The van der Waals surface area contributed by atoms with Gasteiger partial charge in [0.1, 0.15) is 12.1 Å². The molecule has 0 aromatic heterocycles. The van der Waals surface area contributed by atoms with Crippen molar-refractivity contribution < 1.29 is 47.3 Å². The van der Waals surface area contributed by atoms with Crippen LogP contribution in [-0.2, 0) is 42.2 Å². The number of ether oxygens (including phenoxy) is 3. The van der Waals surface area contributed by atoms with Crippen LogP contribution >= 0.6 is 0 Å². The first-order valence-corrected chi connectivity index (χ1v) is 27.6. The highest BCUT2D eigenvalue weighted by Crippen LogP contribution is 2.46. The number of ketones is 1. The van der Waals surface area contributed by atoms with E-state index in [9.17, 15) is 24.3 Å². The van der Waals surface area contributed by atoms with Gasteiger partial charge in [0.2, 0.25) is 11.7 Å². The Labute approximate surface area is 352 Å². The Morgan fingerprint density at radius 3 is 2.07 bits per heavy atom. The van der Waals surface area contributed by atoms with Gasteiger partial charge in [0.05, 0.1) is 24.4 Å². The molecule has 3 fully saturated rings. The number of carbonyl (C=O) groups excluding carboxylic acids is 3. The Kier molecular flexibility index (Phi) is 17.2. The molecule has 10 atom stereocenters. The highest BCUT2D eigenvalue weighted by molar-refractivity contribution is 6.74. The number of carbonyl (C=O) groups is 4. The van der Waals surface area contributed by atoms with Crippen LogP contribution < -0.4 is 5.32 Å². The van der Waals surface area contributed by atoms with Crippen molar-refractivity contribution in [3.63, 3.8) is 0 Å². The number of hydrogen-bond acceptors (Lipinski definition) is 9. The van der Waals surface area contributed by atoms with E-state index < -0.39 is 76.0 Å². The van der Waals surface area contributed by atoms with Crippen LogP contribution in [0.25, 0.3) is 0 Å². The minimum atomic E-state index is -2.72. The average Bonchev–Trinajstić information content (AvgIpc) is 3.12. The van der Waals surface area contributed by atoms with Crippen LogP contribution in [0.2, 0.25) is 36.3 Å². The van der Waals surface area contributed by atoms with Gasteiger partial charge in [-0.3, -0.25) is 14.4 Å². The number of methoxy groups -OCH3 is 2. The maximum absolute atomic E-state index is 14.9. The third-order valence-corrected chi connectivity index (χ3v) is 23.2. The van der Waals surface area contributed by atoms with Gasteiger partial charge in [0.15, 0.2) is 16.6 Å². The number of carboxylic acids is 1. The lowest BCUT2D eigenvalue weighted by molar-refractivity contribution is -0.257. The van der Waals surface area contributed by atoms with Gasteiger partial charge in [-0.05, 0) is 113 Å². The number of likely N-dealkylation sites (tertiary alicyclic amines) is 1. The summed E-state index contributed by atoms with van der Waals surface area (Å²) in [6, 6.07) is -2.19. The molecule has 2 aliphatic heterocycles. The van der Waals surface area contributed by atoms with Crippen LogP contribution in [-0.4, -0.2) is 113 Å². The first-order chi connectivity index (χ1) is 26.6. The van der Waals surface area contributed by atoms with Crippen LogP contribution in [0, 0.1) is 17.8 Å². The third kappa shape index (κ3) is 11.9. The number of carboxylic acid groups (broad SMARTS) is 1. The van der Waals surface area contributed by atoms with Crippen molar-refractivity contribution >= 4 is 40.2 Å². The van der Waals surface area contributed by atoms with Crippen molar-refractivity contribution in [3.05, 3.63) is 12.2 Å². The van der Waals surface area contributed by atoms with Gasteiger partial charge in [-0.2, -0.15) is 0 Å². The molecule has 2 heterocycles. The zero-order chi connectivity index (χ0) is 44.2. The van der Waals surface area contributed by atoms with E-state index in [-0.39, 0.29) is 40.9 Å². The van der Waals surface area contributed by atoms with Crippen LogP contribution in [0.1, 0.15) is 127 Å². The van der Waals surface area contributed by atoms with Gasteiger partial charge in [-0.25, -0.2) is 4.79 Å². The van der Waals surface area contributed by atoms with Crippen molar-refractivity contribution in [3.8, 4) is 0 Å². The zero-order valence-electron chi connectivity index (χ0n) is 38.8. The fourth-order valence-electron chi connectivity index (χ4n) is 8.35. The van der Waals surface area contributed by atoms with E-state index in [0.717, 1.165) is 24.8 Å². The first-order valence-electron chi connectivity index (χ1n) is 21.8. The van der Waals surface area contributed by atoms with E-state index in [1.807, 2.05) is 33.9 Å². The molecule has 2 unspecified atom stereocenters. The smallest absolute Gasteiger partial charge is 0.326 e. The molecule has 3 aliphatic rings. The maximum atomic E-state index is 14.9. The van der Waals surface area contributed by atoms with Gasteiger partial charge >= 0.3 is 5.97 Å². The molecule has 0 radical (unpaired) electrons. The molecule has 3 rings (SSSR count). The molecular weight excluding hydrogens is 773 g/mol. The Morgan fingerprint density at radius 1 is 0.914 bits per heavy atom. The molecule has 12 nitrogen and oxygen atoms in total. The van der Waals surface area contributed by atoms with Crippen LogP contribution in [0.5, 0.6) is 0 Å². The van der Waals surface area contributed by atoms with Crippen molar-refractivity contribution in [2.24, 2.45) is 17.8 Å². The minimum absolute atomic E-state index is 0.0112. The summed E-state index contributed by atoms with van der Waals surface area (Å²) in [5, 5.41) is 13.0. The normalized spacial score (nSPS) is 29.3. The lowest BCUT2D eigenvalue weighted by Crippen LogP contribution is -2.66. The molecule has 1 aliphatic carbocycles. The quantitative estimate of drug-likeness (QED) is 0.0832. The number of hydrogen-bond donors (Lipinski definition) is 2. The Hall–Kier alpha value is -1.95. The highest BCUT2D eigenvalue weighted by atomic mass is 28.4. The minimum Gasteiger partial charge on any atom is -0.480 e. The Bertz CT molecular complexity index is 1460. The van der Waals surface area contributed by atoms with Gasteiger partial charge in [0.25, 0.3) is 11.7 Å². The predicted octanol–water partition coefficient (Wildman–Crippen LogP) is 8.25. The summed E-state index contributed by atoms with van der Waals surface area (Å²) in [5.74, 6) is -5.87. The summed E-state index contributed by atoms with van der Waals surface area (Å²) >= 11 is 0. The number of piperidine rings is 1. The molecule has 0 aromatic rings. The average molecular weight is 853 g/mol. The number of nitrogens with zero attached hydrogens (tertiary/aromatic N) is 1. The molecule has 0 bridgehead atoms. The molecule has 0 aromatic carbocycles. The second-order valence-electron chi connectivity index (χ2n) is 20.8. The molecule has 334 valence electrons. The zero-order valence-corrected chi connectivity index (χ0v) is 40.8. The lowest BCUT2D eigenvalue weighted by Gasteiger charge is -2.51. The van der Waals surface area contributed by atoms with E-state index in [4.69, 9.17) is 23.1 Å². The summed E-state index contributed by atoms with van der Waals surface area (Å²) in [6.45, 7) is 31.3. The van der Waals surface area contributed by atoms with Gasteiger partial charge in [-0.15, -0.1) is 0 Å². The fourth-order valence-corrected chi connectivity index (χ4v) is 11.1. The topological polar surface area (TPSA) is 150 Å². The summed E-state index contributed by atoms with van der Waals surface area (Å²) in [6.07, 6.45) is 5.43.